The van der Waals surface area contributed by atoms with Crippen molar-refractivity contribution < 1.29 is 42.1 Å². The minimum absolute atomic E-state index is 0.0286. The van der Waals surface area contributed by atoms with Crippen LogP contribution in [-0.4, -0.2) is 70.0 Å². The number of rotatable bonds is 51. The molecule has 2 unspecified atom stereocenters. The predicted molar refractivity (Wildman–Crippen MR) is 277 cm³/mol. The number of hydrogen-bond donors (Lipinski definition) is 0. The molecule has 0 fully saturated rings. The third-order valence-electron chi connectivity index (χ3n) is 12.2. The lowest BCUT2D eigenvalue weighted by molar-refractivity contribution is -0.870. The van der Waals surface area contributed by atoms with E-state index in [9.17, 15) is 19.0 Å². The number of carbonyl (C=O) groups excluding carboxylic acids is 2. The molecule has 0 saturated carbocycles. The van der Waals surface area contributed by atoms with Gasteiger partial charge in [0.25, 0.3) is 7.82 Å². The number of hydrogen-bond acceptors (Lipinski definition) is 8. The molecule has 0 aliphatic heterocycles. The highest BCUT2D eigenvalue weighted by atomic mass is 31.2. The Morgan fingerprint density at radius 2 is 0.818 bits per heavy atom. The van der Waals surface area contributed by atoms with Gasteiger partial charge in [0.05, 0.1) is 27.7 Å². The molecule has 0 radical (unpaired) electrons. The molecule has 388 valence electrons. The van der Waals surface area contributed by atoms with Crippen LogP contribution in [0.25, 0.3) is 0 Å². The van der Waals surface area contributed by atoms with Crippen LogP contribution >= 0.6 is 7.82 Å². The third-order valence-corrected chi connectivity index (χ3v) is 13.1. The molecule has 66 heavy (non-hydrogen) atoms. The summed E-state index contributed by atoms with van der Waals surface area (Å²) in [7, 11) is 1.17. The number of esters is 2. The first-order valence-corrected chi connectivity index (χ1v) is 29.2. The molecule has 0 N–H and O–H groups in total. The molecule has 0 aliphatic carbocycles. The second kappa shape index (κ2) is 48.3. The summed E-state index contributed by atoms with van der Waals surface area (Å²) >= 11 is 0. The molecule has 9 nitrogen and oxygen atoms in total. The molecular formula is C56H106NO8P. The van der Waals surface area contributed by atoms with Crippen LogP contribution in [0.5, 0.6) is 0 Å². The van der Waals surface area contributed by atoms with Gasteiger partial charge in [-0.1, -0.05) is 230 Å². The quantitative estimate of drug-likeness (QED) is 0.0195. The number of quaternary nitrogens is 1. The van der Waals surface area contributed by atoms with E-state index in [0.717, 1.165) is 57.8 Å². The number of likely N-dealkylation sites (N-methyl/N-ethyl adjacent to an activating group) is 1. The van der Waals surface area contributed by atoms with E-state index < -0.39 is 32.5 Å². The highest BCUT2D eigenvalue weighted by Gasteiger charge is 2.21. The summed E-state index contributed by atoms with van der Waals surface area (Å²) in [5, 5.41) is 0. The van der Waals surface area contributed by atoms with Crippen molar-refractivity contribution in [1.29, 1.82) is 0 Å². The Kier molecular flexibility index (Phi) is 47.0. The van der Waals surface area contributed by atoms with Gasteiger partial charge in [0.15, 0.2) is 6.10 Å². The first kappa shape index (κ1) is 64.2. The van der Waals surface area contributed by atoms with Crippen molar-refractivity contribution in [2.75, 3.05) is 47.5 Å². The molecule has 0 amide bonds. The van der Waals surface area contributed by atoms with E-state index in [1.807, 2.05) is 21.1 Å². The maximum absolute atomic E-state index is 12.7. The van der Waals surface area contributed by atoms with Crippen LogP contribution in [0.3, 0.4) is 0 Å². The molecule has 2 atom stereocenters. The Bertz CT molecular complexity index is 1210. The normalized spacial score (nSPS) is 13.6. The van der Waals surface area contributed by atoms with Gasteiger partial charge < -0.3 is 27.9 Å². The van der Waals surface area contributed by atoms with E-state index >= 15 is 0 Å². The van der Waals surface area contributed by atoms with Gasteiger partial charge in [-0.25, -0.2) is 0 Å². The highest BCUT2D eigenvalue weighted by molar-refractivity contribution is 7.45. The van der Waals surface area contributed by atoms with Crippen molar-refractivity contribution in [3.8, 4) is 0 Å². The largest absolute Gasteiger partial charge is 0.756 e. The third kappa shape index (κ3) is 51.6. The molecule has 0 aromatic heterocycles. The van der Waals surface area contributed by atoms with Crippen LogP contribution in [0, 0.1) is 0 Å². The summed E-state index contributed by atoms with van der Waals surface area (Å²) in [6.07, 6.45) is 58.5. The fraction of sp³-hybridized carbons (Fsp3) is 0.857. The fourth-order valence-corrected chi connectivity index (χ4v) is 8.57. The first-order chi connectivity index (χ1) is 32.0. The van der Waals surface area contributed by atoms with Crippen molar-refractivity contribution in [3.63, 3.8) is 0 Å². The van der Waals surface area contributed by atoms with Crippen molar-refractivity contribution >= 4 is 19.8 Å². The molecule has 10 heteroatoms. The van der Waals surface area contributed by atoms with Gasteiger partial charge >= 0.3 is 11.9 Å². The van der Waals surface area contributed by atoms with E-state index in [2.05, 4.69) is 50.3 Å². The van der Waals surface area contributed by atoms with Crippen molar-refractivity contribution in [1.82, 2.24) is 0 Å². The Labute approximate surface area is 408 Å². The smallest absolute Gasteiger partial charge is 0.306 e. The van der Waals surface area contributed by atoms with Gasteiger partial charge in [0.2, 0.25) is 0 Å². The monoisotopic (exact) mass is 952 g/mol. The van der Waals surface area contributed by atoms with Crippen LogP contribution in [0.15, 0.2) is 36.5 Å². The van der Waals surface area contributed by atoms with Gasteiger partial charge in [0, 0.05) is 12.8 Å². The maximum atomic E-state index is 12.7. The van der Waals surface area contributed by atoms with E-state index in [1.54, 1.807) is 0 Å². The van der Waals surface area contributed by atoms with Crippen LogP contribution in [0.2, 0.25) is 0 Å². The maximum Gasteiger partial charge on any atom is 0.306 e. The van der Waals surface area contributed by atoms with Crippen molar-refractivity contribution in [3.05, 3.63) is 36.5 Å². The Morgan fingerprint density at radius 3 is 1.21 bits per heavy atom. The zero-order chi connectivity index (χ0) is 48.5. The topological polar surface area (TPSA) is 111 Å². The second-order valence-corrected chi connectivity index (χ2v) is 21.4. The summed E-state index contributed by atoms with van der Waals surface area (Å²) in [5.74, 6) is -0.838. The van der Waals surface area contributed by atoms with Crippen LogP contribution in [0.4, 0.5) is 0 Å². The first-order valence-electron chi connectivity index (χ1n) is 27.7. The molecule has 0 spiro atoms. The molecule has 0 bridgehead atoms. The summed E-state index contributed by atoms with van der Waals surface area (Å²) in [6, 6.07) is 0. The average molecular weight is 952 g/mol. The Hall–Kier alpha value is -1.77. The molecule has 0 aromatic carbocycles. The van der Waals surface area contributed by atoms with Gasteiger partial charge in [-0.2, -0.15) is 0 Å². The highest BCUT2D eigenvalue weighted by Crippen LogP contribution is 2.38. The predicted octanol–water partition coefficient (Wildman–Crippen LogP) is 16.2. The molecule has 0 saturated heterocycles. The SMILES string of the molecule is CCCCCCC/C=C\C/C=C\C/C=C\CCCCCCCCCCCCCCCCCCCCCCCCC(=O)OC(COC(=O)CCCCCCC)COP(=O)([O-])OCC[N+](C)(C)C. The van der Waals surface area contributed by atoms with E-state index in [4.69, 9.17) is 18.5 Å². The number of phosphoric acid groups is 1. The lowest BCUT2D eigenvalue weighted by Crippen LogP contribution is -2.37. The number of phosphoric ester groups is 1. The zero-order valence-electron chi connectivity index (χ0n) is 43.9. The number of carbonyl (C=O) groups is 2. The Balaban J connectivity index is 3.77. The summed E-state index contributed by atoms with van der Waals surface area (Å²) in [5.41, 5.74) is 0. The van der Waals surface area contributed by atoms with Crippen molar-refractivity contribution in [2.24, 2.45) is 0 Å². The molecule has 0 aliphatic rings. The van der Waals surface area contributed by atoms with Gasteiger partial charge in [-0.15, -0.1) is 0 Å². The van der Waals surface area contributed by atoms with Crippen LogP contribution in [-0.2, 0) is 32.7 Å². The molecule has 0 rings (SSSR count). The Morgan fingerprint density at radius 1 is 0.470 bits per heavy atom. The van der Waals surface area contributed by atoms with Gasteiger partial charge in [-0.05, 0) is 51.4 Å². The lowest BCUT2D eigenvalue weighted by Gasteiger charge is -2.28. The zero-order valence-corrected chi connectivity index (χ0v) is 44.8. The van der Waals surface area contributed by atoms with E-state index in [-0.39, 0.29) is 26.1 Å². The minimum Gasteiger partial charge on any atom is -0.756 e. The van der Waals surface area contributed by atoms with E-state index in [1.165, 1.54) is 167 Å². The minimum atomic E-state index is -4.61. The summed E-state index contributed by atoms with van der Waals surface area (Å²) in [6.45, 7) is 4.14. The lowest BCUT2D eigenvalue weighted by atomic mass is 10.0. The van der Waals surface area contributed by atoms with Gasteiger partial charge in [0.1, 0.15) is 19.8 Å². The molecule has 0 heterocycles. The van der Waals surface area contributed by atoms with Crippen molar-refractivity contribution in [2.45, 2.75) is 264 Å². The fourth-order valence-electron chi connectivity index (χ4n) is 7.84. The number of nitrogens with zero attached hydrogens (tertiary/aromatic N) is 1. The number of unbranched alkanes of at least 4 members (excludes halogenated alkanes) is 31. The summed E-state index contributed by atoms with van der Waals surface area (Å²) in [4.78, 5) is 37.3. The summed E-state index contributed by atoms with van der Waals surface area (Å²) < 4.78 is 33.8. The number of ether oxygens (including phenoxy) is 2. The van der Waals surface area contributed by atoms with Gasteiger partial charge in [-0.3, -0.25) is 14.2 Å². The van der Waals surface area contributed by atoms with E-state index in [0.29, 0.717) is 17.4 Å². The number of allylic oxidation sites excluding steroid dienone is 6. The molecular weight excluding hydrogens is 846 g/mol. The second-order valence-electron chi connectivity index (χ2n) is 20.0. The molecule has 0 aromatic rings. The standard InChI is InChI=1S/C56H106NO8P/c1-6-8-10-12-13-14-15-16-17-18-19-20-21-22-23-24-25-26-27-28-29-30-31-32-33-34-35-36-37-38-39-40-41-42-43-45-47-49-56(59)65-54(52-62-55(58)48-46-44-11-9-7-2)53-64-66(60,61)63-51-50-57(3,4)5/h15-16,18-19,21-22,54H,6-14,17,20,23-53H2,1-5H3/b16-15-,19-18-,22-21-. The van der Waals surface area contributed by atoms with Crippen LogP contribution < -0.4 is 4.89 Å². The average Bonchev–Trinajstić information content (AvgIpc) is 3.27. The van der Waals surface area contributed by atoms with Crippen LogP contribution in [0.1, 0.15) is 258 Å².